The fourth-order valence-corrected chi connectivity index (χ4v) is 8.51. The molecule has 6 nitrogen and oxygen atoms in total. The normalized spacial score (nSPS) is 12.3. The molecule has 0 radical (unpaired) electrons. The van der Waals surface area contributed by atoms with Crippen LogP contribution in [0.15, 0.2) is 48.6 Å². The fraction of sp³-hybridized carbons (Fsp3) is 0.823. The summed E-state index contributed by atoms with van der Waals surface area (Å²) in [6.07, 6.45) is 69.7. The molecule has 0 N–H and O–H groups in total. The van der Waals surface area contributed by atoms with Crippen LogP contribution in [-0.4, -0.2) is 37.2 Å². The van der Waals surface area contributed by atoms with Gasteiger partial charge in [-0.15, -0.1) is 0 Å². The van der Waals surface area contributed by atoms with Gasteiger partial charge < -0.3 is 14.2 Å². The van der Waals surface area contributed by atoms with Crippen molar-refractivity contribution in [3.05, 3.63) is 48.6 Å². The van der Waals surface area contributed by atoms with E-state index in [1.165, 1.54) is 180 Å². The van der Waals surface area contributed by atoms with Crippen LogP contribution in [0.3, 0.4) is 0 Å². The van der Waals surface area contributed by atoms with Crippen molar-refractivity contribution in [2.24, 2.45) is 0 Å². The number of esters is 3. The summed E-state index contributed by atoms with van der Waals surface area (Å²) in [5, 5.41) is 0. The minimum absolute atomic E-state index is 0.0802. The molecule has 0 aromatic carbocycles. The highest BCUT2D eigenvalue weighted by atomic mass is 16.6. The van der Waals surface area contributed by atoms with Crippen molar-refractivity contribution in [2.75, 3.05) is 13.2 Å². The first-order valence-electron chi connectivity index (χ1n) is 29.6. The molecule has 0 bridgehead atoms. The van der Waals surface area contributed by atoms with Gasteiger partial charge in [-0.25, -0.2) is 0 Å². The molecule has 68 heavy (non-hydrogen) atoms. The number of rotatable bonds is 54. The van der Waals surface area contributed by atoms with Gasteiger partial charge in [0.1, 0.15) is 13.2 Å². The third-order valence-electron chi connectivity index (χ3n) is 13.0. The molecule has 0 saturated carbocycles. The number of hydrogen-bond donors (Lipinski definition) is 0. The van der Waals surface area contributed by atoms with E-state index >= 15 is 0 Å². The SMILES string of the molecule is CCCC/C=C\C/C=C\CCCCCCCC(=O)OC(COC(=O)CCCCCCC/C=C\CCCCCC)COC(=O)CCCCCCCCCCCCC/C=C\CCCCCCCCCC. The molecule has 0 amide bonds. The second-order valence-corrected chi connectivity index (χ2v) is 19.9. The van der Waals surface area contributed by atoms with Crippen molar-refractivity contribution < 1.29 is 28.6 Å². The number of ether oxygens (including phenoxy) is 3. The summed E-state index contributed by atoms with van der Waals surface area (Å²) in [7, 11) is 0. The highest BCUT2D eigenvalue weighted by Gasteiger charge is 2.19. The van der Waals surface area contributed by atoms with Gasteiger partial charge in [-0.3, -0.25) is 14.4 Å². The van der Waals surface area contributed by atoms with Crippen LogP contribution < -0.4 is 0 Å². The Morgan fingerprint density at radius 1 is 0.294 bits per heavy atom. The smallest absolute Gasteiger partial charge is 0.306 e. The van der Waals surface area contributed by atoms with E-state index in [1.807, 2.05) is 0 Å². The van der Waals surface area contributed by atoms with Crippen molar-refractivity contribution in [1.29, 1.82) is 0 Å². The molecular formula is C62H112O6. The lowest BCUT2D eigenvalue weighted by atomic mass is 10.0. The summed E-state index contributed by atoms with van der Waals surface area (Å²) in [6, 6.07) is 0. The Morgan fingerprint density at radius 2 is 0.544 bits per heavy atom. The first-order valence-corrected chi connectivity index (χ1v) is 29.6. The van der Waals surface area contributed by atoms with Crippen LogP contribution in [0.5, 0.6) is 0 Å². The largest absolute Gasteiger partial charge is 0.462 e. The maximum Gasteiger partial charge on any atom is 0.306 e. The molecule has 0 aromatic heterocycles. The predicted molar refractivity (Wildman–Crippen MR) is 293 cm³/mol. The van der Waals surface area contributed by atoms with E-state index < -0.39 is 6.10 Å². The Hall–Kier alpha value is -2.63. The third-order valence-corrected chi connectivity index (χ3v) is 13.0. The first kappa shape index (κ1) is 65.4. The molecule has 1 unspecified atom stereocenters. The zero-order chi connectivity index (χ0) is 49.3. The third kappa shape index (κ3) is 54.3. The highest BCUT2D eigenvalue weighted by Crippen LogP contribution is 2.16. The Balaban J connectivity index is 4.28. The summed E-state index contributed by atoms with van der Waals surface area (Å²) in [6.45, 7) is 6.59. The maximum atomic E-state index is 12.8. The van der Waals surface area contributed by atoms with Crippen LogP contribution in [-0.2, 0) is 28.6 Å². The summed E-state index contributed by atoms with van der Waals surface area (Å²) >= 11 is 0. The molecule has 0 heterocycles. The van der Waals surface area contributed by atoms with E-state index in [4.69, 9.17) is 14.2 Å². The Morgan fingerprint density at radius 3 is 0.882 bits per heavy atom. The zero-order valence-corrected chi connectivity index (χ0v) is 45.4. The van der Waals surface area contributed by atoms with E-state index in [1.54, 1.807) is 0 Å². The summed E-state index contributed by atoms with van der Waals surface area (Å²) in [5.41, 5.74) is 0. The minimum Gasteiger partial charge on any atom is -0.462 e. The van der Waals surface area contributed by atoms with Crippen LogP contribution in [0, 0.1) is 0 Å². The molecule has 0 spiro atoms. The molecule has 0 fully saturated rings. The lowest BCUT2D eigenvalue weighted by Crippen LogP contribution is -2.30. The molecule has 0 rings (SSSR count). The van der Waals surface area contributed by atoms with Crippen molar-refractivity contribution in [3.63, 3.8) is 0 Å². The van der Waals surface area contributed by atoms with Crippen LogP contribution in [0.25, 0.3) is 0 Å². The van der Waals surface area contributed by atoms with Crippen molar-refractivity contribution in [2.45, 2.75) is 316 Å². The Kier molecular flexibility index (Phi) is 54.8. The molecule has 0 aliphatic rings. The quantitative estimate of drug-likeness (QED) is 0.0262. The van der Waals surface area contributed by atoms with Gasteiger partial charge in [0.05, 0.1) is 0 Å². The molecule has 1 atom stereocenters. The van der Waals surface area contributed by atoms with Gasteiger partial charge in [0.25, 0.3) is 0 Å². The molecule has 0 aromatic rings. The highest BCUT2D eigenvalue weighted by molar-refractivity contribution is 5.71. The monoisotopic (exact) mass is 953 g/mol. The lowest BCUT2D eigenvalue weighted by Gasteiger charge is -2.18. The molecule has 396 valence electrons. The van der Waals surface area contributed by atoms with E-state index in [0.717, 1.165) is 89.9 Å². The average Bonchev–Trinajstić information content (AvgIpc) is 3.34. The average molecular weight is 954 g/mol. The second-order valence-electron chi connectivity index (χ2n) is 19.9. The standard InChI is InChI=1S/C62H112O6/c1-4-7-10-13-16-19-22-25-27-28-29-30-31-32-33-34-35-38-40-43-46-49-52-55-61(64)67-58-59(57-66-60(63)54-51-48-45-42-39-36-24-21-18-15-12-9-6-3)68-62(65)56-53-50-47-44-41-37-26-23-20-17-14-11-8-5-2/h14,17,21,23-24,26,28-29,59H,4-13,15-16,18-20,22,25,27,30-58H2,1-3H3/b17-14-,24-21-,26-23-,29-28-. The zero-order valence-electron chi connectivity index (χ0n) is 45.4. The first-order chi connectivity index (χ1) is 33.5. The van der Waals surface area contributed by atoms with Gasteiger partial charge in [0.2, 0.25) is 0 Å². The fourth-order valence-electron chi connectivity index (χ4n) is 8.51. The molecular weight excluding hydrogens is 841 g/mol. The van der Waals surface area contributed by atoms with Crippen LogP contribution in [0.2, 0.25) is 0 Å². The number of carbonyl (C=O) groups excluding carboxylic acids is 3. The summed E-state index contributed by atoms with van der Waals surface area (Å²) in [4.78, 5) is 38.1. The number of hydrogen-bond acceptors (Lipinski definition) is 6. The van der Waals surface area contributed by atoms with Crippen LogP contribution >= 0.6 is 0 Å². The maximum absolute atomic E-state index is 12.8. The van der Waals surface area contributed by atoms with Gasteiger partial charge in [0, 0.05) is 19.3 Å². The number of unbranched alkanes of at least 4 members (excludes halogenated alkanes) is 35. The Bertz CT molecular complexity index is 1190. The van der Waals surface area contributed by atoms with Crippen molar-refractivity contribution >= 4 is 17.9 Å². The minimum atomic E-state index is -0.783. The van der Waals surface area contributed by atoms with Crippen LogP contribution in [0.1, 0.15) is 310 Å². The Labute approximate surface area is 422 Å². The summed E-state index contributed by atoms with van der Waals surface area (Å²) in [5.74, 6) is -0.892. The van der Waals surface area contributed by atoms with Gasteiger partial charge in [0.15, 0.2) is 6.10 Å². The number of allylic oxidation sites excluding steroid dienone is 8. The molecule has 6 heteroatoms. The van der Waals surface area contributed by atoms with E-state index in [-0.39, 0.29) is 31.1 Å². The van der Waals surface area contributed by atoms with E-state index in [9.17, 15) is 14.4 Å². The van der Waals surface area contributed by atoms with Gasteiger partial charge in [-0.1, -0.05) is 243 Å². The van der Waals surface area contributed by atoms with Crippen molar-refractivity contribution in [3.8, 4) is 0 Å². The van der Waals surface area contributed by atoms with E-state index in [2.05, 4.69) is 69.4 Å². The summed E-state index contributed by atoms with van der Waals surface area (Å²) < 4.78 is 16.9. The van der Waals surface area contributed by atoms with Crippen molar-refractivity contribution in [1.82, 2.24) is 0 Å². The number of carbonyl (C=O) groups is 3. The lowest BCUT2D eigenvalue weighted by molar-refractivity contribution is -0.167. The van der Waals surface area contributed by atoms with Gasteiger partial charge in [-0.2, -0.15) is 0 Å². The molecule has 0 saturated heterocycles. The molecule has 0 aliphatic heterocycles. The van der Waals surface area contributed by atoms with Crippen LogP contribution in [0.4, 0.5) is 0 Å². The second kappa shape index (κ2) is 57.0. The van der Waals surface area contributed by atoms with Gasteiger partial charge >= 0.3 is 17.9 Å². The van der Waals surface area contributed by atoms with Gasteiger partial charge in [-0.05, 0) is 96.3 Å². The predicted octanol–water partition coefficient (Wildman–Crippen LogP) is 19.8. The molecule has 0 aliphatic carbocycles. The topological polar surface area (TPSA) is 78.9 Å². The van der Waals surface area contributed by atoms with E-state index in [0.29, 0.717) is 19.3 Å².